The Balaban J connectivity index is 2.15. The van der Waals surface area contributed by atoms with Crippen molar-refractivity contribution in [2.75, 3.05) is 13.1 Å². The highest BCUT2D eigenvalue weighted by atomic mass is 32.2. The van der Waals surface area contributed by atoms with Crippen LogP contribution in [0.2, 0.25) is 0 Å². The van der Waals surface area contributed by atoms with Crippen LogP contribution in [0.5, 0.6) is 0 Å². The number of sulfonamides is 1. The van der Waals surface area contributed by atoms with Crippen molar-refractivity contribution in [3.63, 3.8) is 0 Å². The third-order valence-electron chi connectivity index (χ3n) is 3.83. The normalized spacial score (nSPS) is 24.9. The molecular weight excluding hydrogens is 292 g/mol. The minimum Gasteiger partial charge on any atom is -0.312 e. The molecule has 0 saturated carbocycles. The highest BCUT2D eigenvalue weighted by molar-refractivity contribution is 7.91. The summed E-state index contributed by atoms with van der Waals surface area (Å²) < 4.78 is 27.6. The molecule has 0 aromatic carbocycles. The van der Waals surface area contributed by atoms with E-state index in [9.17, 15) is 8.42 Å². The van der Waals surface area contributed by atoms with Gasteiger partial charge in [-0.15, -0.1) is 11.3 Å². The van der Waals surface area contributed by atoms with Crippen molar-refractivity contribution in [3.05, 3.63) is 17.0 Å². The SMILES string of the molecule is CCNCc1ccc(S(=O)(=O)N2CCC(C)CC2C)s1. The molecule has 114 valence electrons. The maximum Gasteiger partial charge on any atom is 0.252 e. The summed E-state index contributed by atoms with van der Waals surface area (Å²) in [4.78, 5) is 1.07. The van der Waals surface area contributed by atoms with E-state index in [0.717, 1.165) is 30.8 Å². The second-order valence-electron chi connectivity index (χ2n) is 5.60. The van der Waals surface area contributed by atoms with Crippen molar-refractivity contribution in [3.8, 4) is 0 Å². The molecule has 1 fully saturated rings. The van der Waals surface area contributed by atoms with E-state index in [1.54, 1.807) is 10.4 Å². The maximum absolute atomic E-state index is 12.7. The molecule has 0 spiro atoms. The lowest BCUT2D eigenvalue weighted by Crippen LogP contribution is -2.43. The first-order valence-electron chi connectivity index (χ1n) is 7.26. The monoisotopic (exact) mass is 316 g/mol. The summed E-state index contributed by atoms with van der Waals surface area (Å²) >= 11 is 1.38. The van der Waals surface area contributed by atoms with E-state index in [1.165, 1.54) is 11.3 Å². The molecule has 1 aromatic rings. The van der Waals surface area contributed by atoms with E-state index in [2.05, 4.69) is 12.2 Å². The lowest BCUT2D eigenvalue weighted by Gasteiger charge is -2.35. The Labute approximate surface area is 126 Å². The molecular formula is C14H24N2O2S2. The van der Waals surface area contributed by atoms with E-state index in [0.29, 0.717) is 16.7 Å². The van der Waals surface area contributed by atoms with Gasteiger partial charge in [-0.2, -0.15) is 4.31 Å². The van der Waals surface area contributed by atoms with Gasteiger partial charge in [0.05, 0.1) is 0 Å². The number of piperidine rings is 1. The zero-order valence-electron chi connectivity index (χ0n) is 12.4. The quantitative estimate of drug-likeness (QED) is 0.908. The van der Waals surface area contributed by atoms with Gasteiger partial charge in [-0.3, -0.25) is 0 Å². The Hall–Kier alpha value is -0.430. The molecule has 1 saturated heterocycles. The molecule has 20 heavy (non-hydrogen) atoms. The van der Waals surface area contributed by atoms with Crippen LogP contribution < -0.4 is 5.32 Å². The number of rotatable bonds is 5. The van der Waals surface area contributed by atoms with Gasteiger partial charge >= 0.3 is 0 Å². The average molecular weight is 316 g/mol. The molecule has 1 aromatic heterocycles. The second-order valence-corrected chi connectivity index (χ2v) is 8.88. The molecule has 0 bridgehead atoms. The van der Waals surface area contributed by atoms with Crippen molar-refractivity contribution in [1.29, 1.82) is 0 Å². The van der Waals surface area contributed by atoms with Crippen molar-refractivity contribution >= 4 is 21.4 Å². The molecule has 2 atom stereocenters. The van der Waals surface area contributed by atoms with Crippen LogP contribution in [0.3, 0.4) is 0 Å². The van der Waals surface area contributed by atoms with Crippen LogP contribution in [0.1, 0.15) is 38.5 Å². The van der Waals surface area contributed by atoms with Gasteiger partial charge in [0.1, 0.15) is 4.21 Å². The van der Waals surface area contributed by atoms with Crippen LogP contribution >= 0.6 is 11.3 Å². The summed E-state index contributed by atoms with van der Waals surface area (Å²) in [5.41, 5.74) is 0. The molecule has 0 aliphatic carbocycles. The van der Waals surface area contributed by atoms with Crippen LogP contribution in [0.15, 0.2) is 16.3 Å². The van der Waals surface area contributed by atoms with Crippen LogP contribution in [0, 0.1) is 5.92 Å². The zero-order valence-corrected chi connectivity index (χ0v) is 14.1. The molecule has 1 N–H and O–H groups in total. The fourth-order valence-corrected chi connectivity index (χ4v) is 5.81. The number of nitrogens with one attached hydrogen (secondary N) is 1. The van der Waals surface area contributed by atoms with Crippen molar-refractivity contribution in [2.24, 2.45) is 5.92 Å². The van der Waals surface area contributed by atoms with Gasteiger partial charge in [0, 0.05) is 24.0 Å². The summed E-state index contributed by atoms with van der Waals surface area (Å²) in [5.74, 6) is 0.615. The molecule has 2 unspecified atom stereocenters. The van der Waals surface area contributed by atoms with E-state index in [-0.39, 0.29) is 6.04 Å². The predicted molar refractivity (Wildman–Crippen MR) is 83.5 cm³/mol. The predicted octanol–water partition coefficient (Wildman–Crippen LogP) is 2.67. The van der Waals surface area contributed by atoms with Gasteiger partial charge in [0.15, 0.2) is 0 Å². The summed E-state index contributed by atoms with van der Waals surface area (Å²) in [6, 6.07) is 3.76. The first kappa shape index (κ1) is 15.9. The van der Waals surface area contributed by atoms with Gasteiger partial charge in [-0.05, 0) is 44.4 Å². The largest absolute Gasteiger partial charge is 0.312 e. The summed E-state index contributed by atoms with van der Waals surface area (Å²) in [6.07, 6.45) is 1.91. The smallest absolute Gasteiger partial charge is 0.252 e. The Morgan fingerprint density at radius 1 is 1.40 bits per heavy atom. The van der Waals surface area contributed by atoms with Crippen molar-refractivity contribution in [2.45, 2.75) is 50.4 Å². The third-order valence-corrected chi connectivity index (χ3v) is 7.39. The fourth-order valence-electron chi connectivity index (χ4n) is 2.70. The Morgan fingerprint density at radius 2 is 2.15 bits per heavy atom. The molecule has 1 aliphatic heterocycles. The van der Waals surface area contributed by atoms with Crippen molar-refractivity contribution in [1.82, 2.24) is 9.62 Å². The highest BCUT2D eigenvalue weighted by Gasteiger charge is 2.33. The standard InChI is InChI=1S/C14H24N2O2S2/c1-4-15-10-13-5-6-14(19-13)20(17,18)16-8-7-11(2)9-12(16)3/h5-6,11-12,15H,4,7-10H2,1-3H3. The number of thiophene rings is 1. The molecule has 0 amide bonds. The second kappa shape index (κ2) is 6.56. The maximum atomic E-state index is 12.7. The van der Waals surface area contributed by atoms with Crippen molar-refractivity contribution < 1.29 is 8.42 Å². The van der Waals surface area contributed by atoms with Crippen LogP contribution in [0.25, 0.3) is 0 Å². The summed E-state index contributed by atoms with van der Waals surface area (Å²) in [7, 11) is -3.31. The minimum atomic E-state index is -3.31. The minimum absolute atomic E-state index is 0.100. The van der Waals surface area contributed by atoms with Gasteiger partial charge in [0.25, 0.3) is 10.0 Å². The first-order chi connectivity index (χ1) is 9.45. The Bertz CT molecular complexity index is 539. The van der Waals surface area contributed by atoms with Gasteiger partial charge in [-0.1, -0.05) is 13.8 Å². The fraction of sp³-hybridized carbons (Fsp3) is 0.714. The van der Waals surface area contributed by atoms with Gasteiger partial charge in [-0.25, -0.2) is 8.42 Å². The summed E-state index contributed by atoms with van der Waals surface area (Å²) in [5, 5.41) is 3.23. The number of hydrogen-bond donors (Lipinski definition) is 1. The van der Waals surface area contributed by atoms with Crippen LogP contribution in [-0.2, 0) is 16.6 Å². The third kappa shape index (κ3) is 3.42. The Morgan fingerprint density at radius 3 is 2.80 bits per heavy atom. The molecule has 2 heterocycles. The lowest BCUT2D eigenvalue weighted by atomic mass is 9.95. The number of hydrogen-bond acceptors (Lipinski definition) is 4. The Kier molecular flexibility index (Phi) is 5.23. The van der Waals surface area contributed by atoms with Crippen LogP contribution in [0.4, 0.5) is 0 Å². The molecule has 1 aliphatic rings. The first-order valence-corrected chi connectivity index (χ1v) is 9.52. The van der Waals surface area contributed by atoms with Gasteiger partial charge in [0.2, 0.25) is 0 Å². The van der Waals surface area contributed by atoms with E-state index in [1.807, 2.05) is 19.9 Å². The van der Waals surface area contributed by atoms with E-state index >= 15 is 0 Å². The average Bonchev–Trinajstić information content (AvgIpc) is 2.85. The molecule has 0 radical (unpaired) electrons. The van der Waals surface area contributed by atoms with Gasteiger partial charge < -0.3 is 5.32 Å². The lowest BCUT2D eigenvalue weighted by molar-refractivity contribution is 0.220. The highest BCUT2D eigenvalue weighted by Crippen LogP contribution is 2.31. The summed E-state index contributed by atoms with van der Waals surface area (Å²) in [6.45, 7) is 8.53. The topological polar surface area (TPSA) is 49.4 Å². The van der Waals surface area contributed by atoms with Crippen LogP contribution in [-0.4, -0.2) is 31.9 Å². The van der Waals surface area contributed by atoms with E-state index < -0.39 is 10.0 Å². The molecule has 4 nitrogen and oxygen atoms in total. The number of nitrogens with zero attached hydrogens (tertiary/aromatic N) is 1. The zero-order chi connectivity index (χ0) is 14.8. The molecule has 2 rings (SSSR count). The van der Waals surface area contributed by atoms with E-state index in [4.69, 9.17) is 0 Å². The molecule has 6 heteroatoms.